The Morgan fingerprint density at radius 3 is 1.77 bits per heavy atom. The molecule has 5 aliphatic rings. The van der Waals surface area contributed by atoms with E-state index in [4.69, 9.17) is 0 Å². The first-order valence-corrected chi connectivity index (χ1v) is 23.0. The van der Waals surface area contributed by atoms with Gasteiger partial charge in [0.05, 0.1) is 0 Å². The Kier molecular flexibility index (Phi) is 10.6. The summed E-state index contributed by atoms with van der Waals surface area (Å²) in [5.74, 6) is 0.371. The van der Waals surface area contributed by atoms with Gasteiger partial charge in [-0.15, -0.1) is 0 Å². The lowest BCUT2D eigenvalue weighted by Crippen LogP contribution is -2.23. The third-order valence-corrected chi connectivity index (χ3v) is 14.9. The highest BCUT2D eigenvalue weighted by Crippen LogP contribution is 2.45. The van der Waals surface area contributed by atoms with E-state index in [1.165, 1.54) is 100 Å². The first-order chi connectivity index (χ1) is 29.4. The minimum atomic E-state index is 0.271. The van der Waals surface area contributed by atoms with Crippen LogP contribution >= 0.6 is 0 Å². The number of benzene rings is 5. The number of aryl methyl sites for hydroxylation is 8. The zero-order chi connectivity index (χ0) is 40.6. The van der Waals surface area contributed by atoms with Gasteiger partial charge in [-0.2, -0.15) is 0 Å². The maximum Gasteiger partial charge on any atom is 0.0464 e. The molecule has 5 aromatic rings. The van der Waals surface area contributed by atoms with Gasteiger partial charge in [0.1, 0.15) is 0 Å². The Bertz CT molecular complexity index is 2570. The van der Waals surface area contributed by atoms with Gasteiger partial charge in [0, 0.05) is 34.4 Å². The van der Waals surface area contributed by atoms with E-state index in [0.29, 0.717) is 5.92 Å². The quantitative estimate of drug-likeness (QED) is 0.121. The maximum atomic E-state index is 3.72. The number of hydrogen-bond donors (Lipinski definition) is 1. The topological polar surface area (TPSA) is 15.3 Å². The van der Waals surface area contributed by atoms with Crippen LogP contribution in [-0.2, 0) is 51.4 Å². The van der Waals surface area contributed by atoms with Crippen molar-refractivity contribution in [3.63, 3.8) is 0 Å². The molecule has 5 aromatic carbocycles. The molecular formula is C58H60N2. The number of rotatable bonds is 14. The summed E-state index contributed by atoms with van der Waals surface area (Å²) >= 11 is 0. The summed E-state index contributed by atoms with van der Waals surface area (Å²) in [6, 6.07) is 39.9. The van der Waals surface area contributed by atoms with Crippen molar-refractivity contribution < 1.29 is 0 Å². The van der Waals surface area contributed by atoms with Crippen LogP contribution in [0.1, 0.15) is 114 Å². The van der Waals surface area contributed by atoms with Gasteiger partial charge in [-0.05, 0) is 199 Å². The number of nitrogens with one attached hydrogen (secondary N) is 1. The average Bonchev–Trinajstić information content (AvgIpc) is 3.27. The third kappa shape index (κ3) is 7.78. The summed E-state index contributed by atoms with van der Waals surface area (Å²) < 4.78 is 0. The lowest BCUT2D eigenvalue weighted by Gasteiger charge is -2.35. The second kappa shape index (κ2) is 16.5. The van der Waals surface area contributed by atoms with Crippen molar-refractivity contribution >= 4 is 23.1 Å². The second-order valence-corrected chi connectivity index (χ2v) is 18.4. The normalized spacial score (nSPS) is 17.4. The Labute approximate surface area is 359 Å². The van der Waals surface area contributed by atoms with Crippen LogP contribution in [0.2, 0.25) is 0 Å². The predicted molar refractivity (Wildman–Crippen MR) is 254 cm³/mol. The third-order valence-electron chi connectivity index (χ3n) is 14.9. The molecule has 0 radical (unpaired) electrons. The van der Waals surface area contributed by atoms with Crippen LogP contribution in [-0.4, -0.2) is 0 Å². The minimum absolute atomic E-state index is 0.271. The Hall–Kier alpha value is -5.60. The summed E-state index contributed by atoms with van der Waals surface area (Å²) in [6.07, 6.45) is 29.2. The van der Waals surface area contributed by atoms with E-state index in [9.17, 15) is 0 Å². The smallest absolute Gasteiger partial charge is 0.0464 e. The minimum Gasteiger partial charge on any atom is -0.356 e. The molecule has 0 bridgehead atoms. The van der Waals surface area contributed by atoms with E-state index >= 15 is 0 Å². The van der Waals surface area contributed by atoms with Crippen molar-refractivity contribution in [1.29, 1.82) is 0 Å². The van der Waals surface area contributed by atoms with E-state index in [1.807, 2.05) is 0 Å². The highest BCUT2D eigenvalue weighted by Gasteiger charge is 2.29. The molecule has 302 valence electrons. The molecule has 1 N–H and O–H groups in total. The first-order valence-electron chi connectivity index (χ1n) is 23.0. The van der Waals surface area contributed by atoms with Crippen LogP contribution in [0.5, 0.6) is 0 Å². The molecule has 0 aromatic heterocycles. The van der Waals surface area contributed by atoms with E-state index < -0.39 is 0 Å². The van der Waals surface area contributed by atoms with Gasteiger partial charge >= 0.3 is 0 Å². The molecule has 0 aliphatic heterocycles. The van der Waals surface area contributed by atoms with Crippen LogP contribution in [0.15, 0.2) is 156 Å². The van der Waals surface area contributed by atoms with Gasteiger partial charge in [-0.25, -0.2) is 0 Å². The van der Waals surface area contributed by atoms with E-state index in [1.54, 1.807) is 27.8 Å². The molecule has 2 nitrogen and oxygen atoms in total. The number of allylic oxidation sites excluding steroid dienone is 8. The molecule has 5 aliphatic carbocycles. The Morgan fingerprint density at radius 2 is 1.18 bits per heavy atom. The number of fused-ring (bicyclic) bond motifs is 5. The summed E-state index contributed by atoms with van der Waals surface area (Å²) in [5.41, 5.74) is 24.1. The van der Waals surface area contributed by atoms with Gasteiger partial charge in [0.25, 0.3) is 0 Å². The fraction of sp³-hybridized carbons (Fsp3) is 0.310. The molecule has 10 rings (SSSR count). The van der Waals surface area contributed by atoms with Gasteiger partial charge in [0.2, 0.25) is 0 Å². The fourth-order valence-corrected chi connectivity index (χ4v) is 10.2. The van der Waals surface area contributed by atoms with E-state index in [0.717, 1.165) is 50.6 Å². The van der Waals surface area contributed by atoms with Crippen LogP contribution in [0.25, 0.3) is 6.08 Å². The fourth-order valence-electron chi connectivity index (χ4n) is 10.2. The largest absolute Gasteiger partial charge is 0.356 e. The molecule has 0 heterocycles. The molecule has 1 unspecified atom stereocenters. The molecule has 0 saturated carbocycles. The molecular weight excluding hydrogens is 725 g/mol. The Morgan fingerprint density at radius 1 is 0.583 bits per heavy atom. The van der Waals surface area contributed by atoms with Crippen molar-refractivity contribution in [2.75, 3.05) is 10.2 Å². The number of anilines is 3. The van der Waals surface area contributed by atoms with Gasteiger partial charge < -0.3 is 10.2 Å². The van der Waals surface area contributed by atoms with E-state index in [-0.39, 0.29) is 5.41 Å². The highest BCUT2D eigenvalue weighted by molar-refractivity contribution is 5.75. The second-order valence-electron chi connectivity index (χ2n) is 18.4. The number of nitrogens with zero attached hydrogens (tertiary/aromatic N) is 1. The average molecular weight is 785 g/mol. The molecule has 0 saturated heterocycles. The van der Waals surface area contributed by atoms with Crippen LogP contribution in [0, 0.1) is 5.41 Å². The van der Waals surface area contributed by atoms with Crippen LogP contribution in [0.3, 0.4) is 0 Å². The van der Waals surface area contributed by atoms with Crippen LogP contribution in [0.4, 0.5) is 17.1 Å². The molecule has 0 fully saturated rings. The van der Waals surface area contributed by atoms with Gasteiger partial charge in [-0.3, -0.25) is 0 Å². The van der Waals surface area contributed by atoms with Crippen LogP contribution < -0.4 is 10.2 Å². The monoisotopic (exact) mass is 784 g/mol. The summed E-state index contributed by atoms with van der Waals surface area (Å²) in [4.78, 5) is 2.53. The number of hydrogen-bond acceptors (Lipinski definition) is 2. The maximum absolute atomic E-state index is 3.72. The molecule has 0 amide bonds. The molecule has 60 heavy (non-hydrogen) atoms. The van der Waals surface area contributed by atoms with Crippen molar-refractivity contribution in [3.8, 4) is 0 Å². The standard InChI is InChI=1S/C58H60N2/c1-4-58(3,5-2)50-24-31-54(32-25-50)60(53-29-14-41(15-30-53)7-9-43-11-17-45-19-21-47(45)37-43)55-33-35-57-49(39-55)23-22-48-38-52(28-34-56(48)57)59-51-26-12-40(13-27-51)6-8-42-10-16-44-18-20-46(44)36-42/h10-17,22-24,26-31,33,35-39,56,59H,4-9,18-21,25,32,34H2,1-3H3. The summed E-state index contributed by atoms with van der Waals surface area (Å²) in [5, 5.41) is 3.72. The molecule has 1 atom stereocenters. The van der Waals surface area contributed by atoms with Crippen molar-refractivity contribution in [2.24, 2.45) is 5.41 Å². The van der Waals surface area contributed by atoms with Crippen molar-refractivity contribution in [1.82, 2.24) is 0 Å². The molecule has 2 heteroatoms. The molecule has 0 spiro atoms. The summed E-state index contributed by atoms with van der Waals surface area (Å²) in [6.45, 7) is 7.13. The first kappa shape index (κ1) is 38.6. The zero-order valence-corrected chi connectivity index (χ0v) is 36.0. The van der Waals surface area contributed by atoms with Crippen molar-refractivity contribution in [3.05, 3.63) is 212 Å². The highest BCUT2D eigenvalue weighted by atomic mass is 15.1. The lowest BCUT2D eigenvalue weighted by atomic mass is 9.74. The lowest BCUT2D eigenvalue weighted by molar-refractivity contribution is 0.354. The zero-order valence-electron chi connectivity index (χ0n) is 36.0. The van der Waals surface area contributed by atoms with Gasteiger partial charge in [-0.1, -0.05) is 117 Å². The Balaban J connectivity index is 0.848. The predicted octanol–water partition coefficient (Wildman–Crippen LogP) is 14.5. The van der Waals surface area contributed by atoms with Crippen molar-refractivity contribution in [2.45, 2.75) is 110 Å². The summed E-state index contributed by atoms with van der Waals surface area (Å²) in [7, 11) is 0. The van der Waals surface area contributed by atoms with E-state index in [2.05, 4.69) is 171 Å². The van der Waals surface area contributed by atoms with Gasteiger partial charge in [0.15, 0.2) is 0 Å². The SMILES string of the molecule is CCC(C)(CC)C1=CC=C(N(c2ccc(CCc3ccc4c(c3)CC4)cc2)c2ccc3c(c2)C=CC2=CC(Nc4ccc(CCc5ccc6c(c5)CC6)cc4)=CCC23)CC1.